The lowest BCUT2D eigenvalue weighted by Gasteiger charge is -2.33. The summed E-state index contributed by atoms with van der Waals surface area (Å²) in [7, 11) is 1.84. The molecule has 2 aromatic rings. The van der Waals surface area contributed by atoms with Crippen molar-refractivity contribution in [3.63, 3.8) is 0 Å². The van der Waals surface area contributed by atoms with Gasteiger partial charge in [-0.2, -0.15) is 5.10 Å². The van der Waals surface area contributed by atoms with Gasteiger partial charge >= 0.3 is 12.2 Å². The molecule has 1 aliphatic carbocycles. The molecule has 3 amide bonds. The number of aryl methyl sites for hydroxylation is 1. The van der Waals surface area contributed by atoms with Crippen LogP contribution >= 0.6 is 11.3 Å². The molecule has 12 nitrogen and oxygen atoms in total. The van der Waals surface area contributed by atoms with Crippen molar-refractivity contribution >= 4 is 52.0 Å². The topological polar surface area (TPSA) is 140 Å². The van der Waals surface area contributed by atoms with Crippen molar-refractivity contribution in [3.8, 4) is 0 Å². The first-order chi connectivity index (χ1) is 21.5. The van der Waals surface area contributed by atoms with Crippen LogP contribution in [0.1, 0.15) is 101 Å². The first-order valence-corrected chi connectivity index (χ1v) is 17.0. The Bertz CT molecular complexity index is 1320. The summed E-state index contributed by atoms with van der Waals surface area (Å²) in [4.78, 5) is 45.1. The van der Waals surface area contributed by atoms with Gasteiger partial charge in [0.2, 0.25) is 0 Å². The fourth-order valence-electron chi connectivity index (χ4n) is 5.60. The van der Waals surface area contributed by atoms with Crippen molar-refractivity contribution in [2.75, 3.05) is 41.8 Å². The minimum atomic E-state index is -0.688. The van der Waals surface area contributed by atoms with E-state index in [1.54, 1.807) is 31.6 Å². The molecule has 1 saturated carbocycles. The maximum Gasteiger partial charge on any atom is 0.412 e. The van der Waals surface area contributed by atoms with Crippen LogP contribution < -0.4 is 20.9 Å². The summed E-state index contributed by atoms with van der Waals surface area (Å²) in [6.07, 6.45) is 14.4. The number of carbonyl (C=O) groups is 3. The van der Waals surface area contributed by atoms with Crippen LogP contribution in [-0.4, -0.2) is 64.7 Å². The molecule has 0 atom stereocenters. The van der Waals surface area contributed by atoms with Gasteiger partial charge in [0.15, 0.2) is 11.5 Å². The SMILES string of the molecule is CCCCOC(=O)NCC1CCN(c2c(NC(=O)c3nc(C=CC4CCCCC4)sc3NC(=O)OC(C)(C)C)cnn2C)CC1. The van der Waals surface area contributed by atoms with Gasteiger partial charge in [-0.05, 0) is 70.8 Å². The van der Waals surface area contributed by atoms with Crippen molar-refractivity contribution in [1.29, 1.82) is 0 Å². The number of hydrogen-bond acceptors (Lipinski definition) is 9. The zero-order chi connectivity index (χ0) is 32.4. The predicted octanol–water partition coefficient (Wildman–Crippen LogP) is 6.81. The summed E-state index contributed by atoms with van der Waals surface area (Å²) in [5, 5.41) is 14.0. The molecule has 1 saturated heterocycles. The van der Waals surface area contributed by atoms with Crippen LogP contribution in [0.2, 0.25) is 0 Å². The van der Waals surface area contributed by atoms with Gasteiger partial charge in [0, 0.05) is 26.7 Å². The first-order valence-electron chi connectivity index (χ1n) is 16.2. The lowest BCUT2D eigenvalue weighted by molar-refractivity contribution is 0.0636. The Hall–Kier alpha value is -3.61. The quantitative estimate of drug-likeness (QED) is 0.227. The number of amides is 3. The highest BCUT2D eigenvalue weighted by molar-refractivity contribution is 7.17. The molecule has 13 heteroatoms. The highest BCUT2D eigenvalue weighted by atomic mass is 32.1. The van der Waals surface area contributed by atoms with Crippen LogP contribution in [0.4, 0.5) is 26.1 Å². The van der Waals surface area contributed by atoms with Gasteiger partial charge in [0.25, 0.3) is 5.91 Å². The number of rotatable bonds is 11. The second-order valence-corrected chi connectivity index (χ2v) is 13.9. The summed E-state index contributed by atoms with van der Waals surface area (Å²) in [6, 6.07) is 0. The highest BCUT2D eigenvalue weighted by Gasteiger charge is 2.27. The summed E-state index contributed by atoms with van der Waals surface area (Å²) < 4.78 is 12.4. The second-order valence-electron chi connectivity index (χ2n) is 12.9. The van der Waals surface area contributed by atoms with Crippen molar-refractivity contribution in [3.05, 3.63) is 23.0 Å². The molecular weight excluding hydrogens is 594 g/mol. The lowest BCUT2D eigenvalue weighted by atomic mass is 9.89. The van der Waals surface area contributed by atoms with Gasteiger partial charge in [-0.25, -0.2) is 14.6 Å². The zero-order valence-corrected chi connectivity index (χ0v) is 28.1. The number of allylic oxidation sites excluding steroid dienone is 1. The fraction of sp³-hybridized carbons (Fsp3) is 0.656. The molecule has 0 radical (unpaired) electrons. The van der Waals surface area contributed by atoms with Crippen molar-refractivity contribution in [2.45, 2.75) is 91.1 Å². The van der Waals surface area contributed by atoms with Crippen molar-refractivity contribution in [2.24, 2.45) is 18.9 Å². The van der Waals surface area contributed by atoms with E-state index in [0.717, 1.165) is 57.4 Å². The predicted molar refractivity (Wildman–Crippen MR) is 178 cm³/mol. The number of unbranched alkanes of at least 4 members (excludes halogenated alkanes) is 1. The van der Waals surface area contributed by atoms with Crippen LogP contribution in [0, 0.1) is 11.8 Å². The largest absolute Gasteiger partial charge is 0.450 e. The Morgan fingerprint density at radius 3 is 2.49 bits per heavy atom. The molecule has 2 aliphatic rings. The van der Waals surface area contributed by atoms with Crippen LogP contribution in [0.15, 0.2) is 12.3 Å². The van der Waals surface area contributed by atoms with E-state index in [1.807, 2.05) is 13.1 Å². The van der Waals surface area contributed by atoms with Crippen molar-refractivity contribution < 1.29 is 23.9 Å². The van der Waals surface area contributed by atoms with E-state index in [0.29, 0.717) is 40.7 Å². The molecule has 0 spiro atoms. The van der Waals surface area contributed by atoms with E-state index >= 15 is 0 Å². The van der Waals surface area contributed by atoms with E-state index in [9.17, 15) is 14.4 Å². The van der Waals surface area contributed by atoms with Crippen molar-refractivity contribution in [1.82, 2.24) is 20.1 Å². The fourth-order valence-corrected chi connectivity index (χ4v) is 6.46. The number of nitrogens with one attached hydrogen (secondary N) is 3. The number of hydrogen-bond donors (Lipinski definition) is 3. The van der Waals surface area contributed by atoms with E-state index in [2.05, 4.69) is 43.9 Å². The van der Waals surface area contributed by atoms with Gasteiger partial charge < -0.3 is 25.0 Å². The van der Waals surface area contributed by atoms with E-state index in [-0.39, 0.29) is 11.8 Å². The number of alkyl carbamates (subject to hydrolysis) is 1. The number of nitrogens with zero attached hydrogens (tertiary/aromatic N) is 4. The Morgan fingerprint density at radius 1 is 1.07 bits per heavy atom. The summed E-state index contributed by atoms with van der Waals surface area (Å²) >= 11 is 1.25. The third-order valence-electron chi connectivity index (χ3n) is 7.97. The van der Waals surface area contributed by atoms with E-state index in [1.165, 1.54) is 30.6 Å². The Kier molecular flexibility index (Phi) is 12.3. The van der Waals surface area contributed by atoms with Crippen LogP contribution in [-0.2, 0) is 16.5 Å². The average molecular weight is 644 g/mol. The zero-order valence-electron chi connectivity index (χ0n) is 27.3. The summed E-state index contributed by atoms with van der Waals surface area (Å²) in [5.41, 5.74) is 0.00104. The normalized spacial score (nSPS) is 16.5. The summed E-state index contributed by atoms with van der Waals surface area (Å²) in [6.45, 7) is 9.93. The highest BCUT2D eigenvalue weighted by Crippen LogP contribution is 2.33. The third-order valence-corrected chi connectivity index (χ3v) is 8.91. The van der Waals surface area contributed by atoms with Gasteiger partial charge in [0.1, 0.15) is 21.3 Å². The Balaban J connectivity index is 1.42. The van der Waals surface area contributed by atoms with Crippen LogP contribution in [0.5, 0.6) is 0 Å². The minimum absolute atomic E-state index is 0.125. The molecule has 2 fully saturated rings. The Morgan fingerprint density at radius 2 is 1.80 bits per heavy atom. The molecule has 3 N–H and O–H groups in total. The van der Waals surface area contributed by atoms with Crippen LogP contribution in [0.3, 0.4) is 0 Å². The monoisotopic (exact) mass is 643 g/mol. The van der Waals surface area contributed by atoms with Gasteiger partial charge in [-0.1, -0.05) is 50.0 Å². The maximum atomic E-state index is 13.7. The smallest absolute Gasteiger partial charge is 0.412 e. The van der Waals surface area contributed by atoms with E-state index < -0.39 is 17.6 Å². The minimum Gasteiger partial charge on any atom is -0.450 e. The third kappa shape index (κ3) is 10.5. The molecule has 45 heavy (non-hydrogen) atoms. The molecule has 0 bridgehead atoms. The standard InChI is InChI=1S/C32H49N7O5S/c1-6-7-19-43-30(41)33-20-23-15-17-39(18-16-23)29-24(21-34-38(29)5)35-27(40)26-28(37-31(42)44-32(2,3)4)45-25(36-26)14-13-22-11-9-8-10-12-22/h13-14,21-23H,6-12,15-20H2,1-5H3,(H,33,41)(H,35,40)(H,37,42). The number of aromatic nitrogens is 3. The van der Waals surface area contributed by atoms with Gasteiger partial charge in [0.05, 0.1) is 12.8 Å². The van der Waals surface area contributed by atoms with E-state index in [4.69, 9.17) is 9.47 Å². The lowest BCUT2D eigenvalue weighted by Crippen LogP contribution is -2.39. The number of anilines is 3. The number of piperidine rings is 1. The molecule has 4 rings (SSSR count). The molecule has 1 aliphatic heterocycles. The van der Waals surface area contributed by atoms with Gasteiger partial charge in [-0.15, -0.1) is 0 Å². The Labute approximate surface area is 270 Å². The molecule has 0 unspecified atom stereocenters. The molecular formula is C32H49N7O5S. The number of ether oxygens (including phenoxy) is 2. The first kappa shape index (κ1) is 34.3. The number of thiazole rings is 1. The second kappa shape index (κ2) is 16.1. The molecule has 0 aromatic carbocycles. The van der Waals surface area contributed by atoms with Crippen LogP contribution in [0.25, 0.3) is 6.08 Å². The number of carbonyl (C=O) groups excluding carboxylic acids is 3. The average Bonchev–Trinajstić information content (AvgIpc) is 3.57. The molecule has 248 valence electrons. The molecule has 2 aromatic heterocycles. The van der Waals surface area contributed by atoms with Gasteiger partial charge in [-0.3, -0.25) is 14.8 Å². The molecule has 3 heterocycles. The maximum absolute atomic E-state index is 13.7. The summed E-state index contributed by atoms with van der Waals surface area (Å²) in [5.74, 6) is 1.19.